The molecule has 125 heavy (non-hydrogen) atoms. The number of fused-ring (bicyclic) bond motifs is 6. The lowest BCUT2D eigenvalue weighted by molar-refractivity contribution is -0.177. The minimum absolute atomic E-state index is 0.0246. The van der Waals surface area contributed by atoms with Gasteiger partial charge in [0, 0.05) is 34.2 Å². The highest BCUT2D eigenvalue weighted by atomic mass is 32.2. The average molecular weight is 1910 g/mol. The number of hydrogen-bond donors (Lipinski definition) is 8. The maximum atomic E-state index is 13.8. The van der Waals surface area contributed by atoms with Gasteiger partial charge in [-0.25, -0.2) is 38.5 Å². The number of carbonyl (C=O) groups is 4. The van der Waals surface area contributed by atoms with Crippen LogP contribution in [0.4, 0.5) is 35.1 Å². The van der Waals surface area contributed by atoms with Crippen LogP contribution < -0.4 is 0 Å². The molecule has 734 valence electrons. The minimum atomic E-state index is -6.02. The van der Waals surface area contributed by atoms with Crippen molar-refractivity contribution in [3.63, 3.8) is 0 Å². The largest absolute Gasteiger partial charge is 0.743 e. The van der Waals surface area contributed by atoms with E-state index in [1.807, 2.05) is 111 Å². The van der Waals surface area contributed by atoms with Gasteiger partial charge in [-0.3, -0.25) is 14.4 Å². The van der Waals surface area contributed by atoms with E-state index >= 15 is 0 Å². The second-order valence-electron chi connectivity index (χ2n) is 34.6. The summed E-state index contributed by atoms with van der Waals surface area (Å²) in [4.78, 5) is 49.6. The molecule has 7 rings (SSSR count). The van der Waals surface area contributed by atoms with Gasteiger partial charge >= 0.3 is 44.9 Å². The van der Waals surface area contributed by atoms with Crippen LogP contribution in [-0.2, 0) is 78.5 Å². The van der Waals surface area contributed by atoms with Crippen molar-refractivity contribution in [1.82, 2.24) is 0 Å². The van der Waals surface area contributed by atoms with Crippen molar-refractivity contribution in [2.75, 3.05) is 0 Å². The Hall–Kier alpha value is -3.83. The van der Waals surface area contributed by atoms with E-state index in [1.165, 1.54) is 36.0 Å². The highest BCUT2D eigenvalue weighted by Crippen LogP contribution is 2.66. The fraction of sp³-hybridized carbons (Fsp3) is 0.880. The van der Waals surface area contributed by atoms with E-state index in [0.717, 1.165) is 25.7 Å². The Morgan fingerprint density at radius 1 is 0.384 bits per heavy atom. The summed E-state index contributed by atoms with van der Waals surface area (Å²) in [6.07, 6.45) is -1.62. The molecule has 1 aromatic carbocycles. The van der Waals surface area contributed by atoms with Crippen molar-refractivity contribution in [2.24, 2.45) is 65.1 Å². The third-order valence-electron chi connectivity index (χ3n) is 28.1. The normalized spacial score (nSPS) is 26.0. The Morgan fingerprint density at radius 3 is 0.992 bits per heavy atom. The molecule has 6 aliphatic rings. The summed E-state index contributed by atoms with van der Waals surface area (Å²) in [5, 5.41) is 66.6. The molecule has 4 aliphatic heterocycles. The van der Waals surface area contributed by atoms with Crippen molar-refractivity contribution < 1.29 is 171 Å². The quantitative estimate of drug-likeness (QED) is 0.0132. The fourth-order valence-electron chi connectivity index (χ4n) is 18.2. The number of halogens is 8. The second kappa shape index (κ2) is 44.8. The monoisotopic (exact) mass is 1910 g/mol. The lowest BCUT2D eigenvalue weighted by Crippen LogP contribution is -2.57. The summed E-state index contributed by atoms with van der Waals surface area (Å²) < 4.78 is 262. The molecular formula is C83H138F8O29S5-4. The fourth-order valence-corrected chi connectivity index (χ4v) is 22.4. The molecule has 29 nitrogen and oxygen atoms in total. The predicted octanol–water partition coefficient (Wildman–Crippen LogP) is 12.6. The van der Waals surface area contributed by atoms with Crippen LogP contribution >= 0.6 is 11.8 Å². The first-order valence-electron chi connectivity index (χ1n) is 43.1. The van der Waals surface area contributed by atoms with Crippen LogP contribution in [0.2, 0.25) is 0 Å². The molecule has 0 radical (unpaired) electrons. The molecule has 2 saturated carbocycles. The molecule has 6 bridgehead atoms. The molecule has 0 amide bonds. The van der Waals surface area contributed by atoms with Gasteiger partial charge in [-0.05, 0) is 206 Å². The average Bonchev–Trinajstić information content (AvgIpc) is 1.57. The molecule has 19 atom stereocenters. The van der Waals surface area contributed by atoms with Gasteiger partial charge in [0.15, 0.2) is 64.9 Å². The number of esters is 4. The van der Waals surface area contributed by atoms with Gasteiger partial charge in [-0.2, -0.15) is 46.9 Å². The Bertz CT molecular complexity index is 3750. The number of benzene rings is 1. The Balaban J connectivity index is 0.000000542. The van der Waals surface area contributed by atoms with E-state index < -0.39 is 213 Å². The zero-order chi connectivity index (χ0) is 97.8. The second-order valence-corrected chi connectivity index (χ2v) is 41.8. The van der Waals surface area contributed by atoms with Crippen LogP contribution in [0.25, 0.3) is 0 Å². The molecule has 4 heterocycles. The molecule has 2 aliphatic carbocycles. The SMILES string of the molecule is CC(OC(=O)c1ccccc1)C(F)(F)S(=O)(=O)[O-].CCC(C)(O)CC.CCC(C)(O)CC.CCC(O)(CC)C1C2CC(C(=O)OC(C)C(F)(F)S(=O)(=O)[O-])C(C2)C1C(O)(CC)CC.CCC(O)(CC)C1C2CC(C(=O)OC(C)C(F)(F)S(=O)(=O)[O-])C(O2)C1C(O)(CC)CC.CCC(O)(CC)C1C2CC(C(=O)OC(C)C(F)(F)S(=O)(=O)[O-])C(S2)C1C(O)(CC)CC. The topological polar surface area (TPSA) is 505 Å². The lowest BCUT2D eigenvalue weighted by Gasteiger charge is -2.50. The minimum Gasteiger partial charge on any atom is -0.743 e. The number of aliphatic hydroxyl groups is 8. The van der Waals surface area contributed by atoms with Gasteiger partial charge < -0.3 is 82.7 Å². The Labute approximate surface area is 737 Å². The maximum Gasteiger partial charge on any atom is 0.370 e. The van der Waals surface area contributed by atoms with Crippen LogP contribution in [0, 0.1) is 65.1 Å². The van der Waals surface area contributed by atoms with Crippen molar-refractivity contribution in [3.8, 4) is 0 Å². The standard InChI is InChI=1S/C21H36F2O7S.C20H34F2O8S.C20H34F2O7S2.C10H10F2O5S.2C6H14O/c1-6-19(25,7-2)16-13-10-14(17(16)20(26,8-3)9-4)15(11-13)18(24)30-12(5)21(22,23)31(27,28)29;2*1-6-18(24,7-2)14-13-10-12(16(30-13)15(14)19(25,8-3)9-4)17(23)29-11(5)20(21,22)31(26,27)28;1-7(10(11,12)18(14,15)16)17-9(13)8-5-3-2-4-6-8;2*1-4-6(3,7)5-2/h12-17,25-26H,6-11H2,1-5H3,(H,27,28,29);2*11-16,24-25H,6-10H2,1-5H3,(H,26,27,28);2-7H,1H3,(H,14,15,16);2*7H,4-5H2,1-3H3/p-4. The van der Waals surface area contributed by atoms with Crippen LogP contribution in [0.5, 0.6) is 0 Å². The summed E-state index contributed by atoms with van der Waals surface area (Å²) in [5.41, 5.74) is -7.64. The third-order valence-corrected chi connectivity index (χ3v) is 33.9. The highest BCUT2D eigenvalue weighted by molar-refractivity contribution is 8.01. The molecule has 0 spiro atoms. The molecule has 0 aromatic heterocycles. The van der Waals surface area contributed by atoms with Crippen LogP contribution in [0.15, 0.2) is 30.3 Å². The van der Waals surface area contributed by atoms with Gasteiger partial charge in [0.2, 0.25) is 0 Å². The molecule has 1 aromatic rings. The molecule has 8 N–H and O–H groups in total. The van der Waals surface area contributed by atoms with Crippen LogP contribution in [0.1, 0.15) is 291 Å². The van der Waals surface area contributed by atoms with Gasteiger partial charge in [0.25, 0.3) is 0 Å². The van der Waals surface area contributed by atoms with E-state index in [1.54, 1.807) is 19.9 Å². The van der Waals surface area contributed by atoms with Crippen LogP contribution in [0.3, 0.4) is 0 Å². The summed E-state index contributed by atoms with van der Waals surface area (Å²) >= 11 is 1.45. The van der Waals surface area contributed by atoms with Crippen molar-refractivity contribution in [1.29, 1.82) is 0 Å². The lowest BCUT2D eigenvalue weighted by atomic mass is 9.59. The number of hydrogen-bond acceptors (Lipinski definition) is 30. The molecule has 6 fully saturated rings. The first kappa shape index (κ1) is 117. The highest BCUT2D eigenvalue weighted by Gasteiger charge is 2.69. The molecule has 4 saturated heterocycles. The number of alkyl halides is 8. The van der Waals surface area contributed by atoms with Crippen LogP contribution in [-0.4, -0.2) is 230 Å². The number of carbonyl (C=O) groups excluding carboxylic acids is 4. The molecule has 19 unspecified atom stereocenters. The van der Waals surface area contributed by atoms with E-state index in [2.05, 4.69) is 9.47 Å². The number of rotatable bonds is 38. The summed E-state index contributed by atoms with van der Waals surface area (Å²) in [7, 11) is -23.9. The summed E-state index contributed by atoms with van der Waals surface area (Å²) in [5.74, 6) is -9.94. The number of ether oxygens (including phenoxy) is 5. The zero-order valence-corrected chi connectivity index (χ0v) is 79.8. The van der Waals surface area contributed by atoms with E-state index in [9.17, 15) is 137 Å². The Morgan fingerprint density at radius 2 is 0.672 bits per heavy atom. The summed E-state index contributed by atoms with van der Waals surface area (Å²) in [6, 6.07) is 7.15. The zero-order valence-electron chi connectivity index (χ0n) is 75.7. The van der Waals surface area contributed by atoms with E-state index in [4.69, 9.17) is 24.4 Å². The van der Waals surface area contributed by atoms with E-state index in [-0.39, 0.29) is 47.3 Å². The van der Waals surface area contributed by atoms with Crippen molar-refractivity contribution in [2.45, 2.75) is 394 Å². The Kier molecular flexibility index (Phi) is 42.0. The predicted molar refractivity (Wildman–Crippen MR) is 443 cm³/mol. The first-order valence-corrected chi connectivity index (χ1v) is 49.7. The van der Waals surface area contributed by atoms with Crippen molar-refractivity contribution in [3.05, 3.63) is 35.9 Å². The van der Waals surface area contributed by atoms with E-state index in [0.29, 0.717) is 118 Å². The summed E-state index contributed by atoms with van der Waals surface area (Å²) in [6.45, 7) is 36.3. The van der Waals surface area contributed by atoms with Crippen molar-refractivity contribution >= 4 is 76.1 Å². The first-order chi connectivity index (χ1) is 56.8. The number of thioether (sulfide) groups is 1. The third kappa shape index (κ3) is 26.4. The van der Waals surface area contributed by atoms with Gasteiger partial charge in [0.05, 0.1) is 80.3 Å². The maximum absolute atomic E-state index is 13.8. The smallest absolute Gasteiger partial charge is 0.370 e. The van der Waals surface area contributed by atoms with Gasteiger partial charge in [-0.15, -0.1) is 0 Å². The molecule has 42 heteroatoms. The van der Waals surface area contributed by atoms with Gasteiger partial charge in [0.1, 0.15) is 0 Å². The molecular weight excluding hydrogens is 1770 g/mol. The van der Waals surface area contributed by atoms with Gasteiger partial charge in [-0.1, -0.05) is 129 Å².